The topological polar surface area (TPSA) is 13.1 Å². The van der Waals surface area contributed by atoms with E-state index in [-0.39, 0.29) is 17.2 Å². The number of hydrogen-bond donors (Lipinski definition) is 0. The molecular formula is C42H24F6O. The first-order chi connectivity index (χ1) is 23.5. The SMILES string of the molecule is FC(F)(F)c1cc(-c2ccc(-c3ccc4cc(-c5ccc(-c6ccc7oc8ccccc8c7c6)cc5)ccc4c3)cc2)cc(C(F)(F)F)c1. The molecule has 1 aromatic heterocycles. The summed E-state index contributed by atoms with van der Waals surface area (Å²) in [5, 5.41) is 4.20. The number of furan rings is 1. The lowest BCUT2D eigenvalue weighted by atomic mass is 9.95. The zero-order valence-electron chi connectivity index (χ0n) is 25.5. The van der Waals surface area contributed by atoms with Crippen molar-refractivity contribution >= 4 is 32.7 Å². The lowest BCUT2D eigenvalue weighted by molar-refractivity contribution is -0.143. The highest BCUT2D eigenvalue weighted by atomic mass is 19.4. The molecule has 0 aliphatic carbocycles. The molecule has 0 aliphatic rings. The number of fused-ring (bicyclic) bond motifs is 4. The summed E-state index contributed by atoms with van der Waals surface area (Å²) in [5.74, 6) is 0. The van der Waals surface area contributed by atoms with Gasteiger partial charge in [-0.1, -0.05) is 97.1 Å². The van der Waals surface area contributed by atoms with Crippen molar-refractivity contribution in [1.29, 1.82) is 0 Å². The number of para-hydroxylation sites is 1. The van der Waals surface area contributed by atoms with Gasteiger partial charge in [0.2, 0.25) is 0 Å². The molecule has 0 radical (unpaired) electrons. The van der Waals surface area contributed by atoms with Crippen LogP contribution in [0.1, 0.15) is 11.1 Å². The first-order valence-electron chi connectivity index (χ1n) is 15.5. The molecule has 7 heteroatoms. The zero-order valence-corrected chi connectivity index (χ0v) is 25.5. The van der Waals surface area contributed by atoms with Gasteiger partial charge >= 0.3 is 12.4 Å². The molecule has 0 aliphatic heterocycles. The van der Waals surface area contributed by atoms with E-state index in [1.54, 1.807) is 12.1 Å². The maximum absolute atomic E-state index is 13.4. The Hall–Kier alpha value is -5.82. The molecule has 0 unspecified atom stereocenters. The summed E-state index contributed by atoms with van der Waals surface area (Å²) in [6.07, 6.45) is -9.81. The van der Waals surface area contributed by atoms with E-state index in [9.17, 15) is 26.3 Å². The van der Waals surface area contributed by atoms with Gasteiger partial charge in [0.15, 0.2) is 0 Å². The Balaban J connectivity index is 1.04. The summed E-state index contributed by atoms with van der Waals surface area (Å²) in [5.41, 5.74) is 5.14. The molecule has 0 amide bonds. The van der Waals surface area contributed by atoms with Crippen LogP contribution in [0, 0.1) is 0 Å². The Kier molecular flexibility index (Phi) is 7.10. The highest BCUT2D eigenvalue weighted by molar-refractivity contribution is 6.06. The van der Waals surface area contributed by atoms with Crippen LogP contribution in [-0.4, -0.2) is 0 Å². The van der Waals surface area contributed by atoms with Crippen LogP contribution in [-0.2, 0) is 12.4 Å². The predicted molar refractivity (Wildman–Crippen MR) is 183 cm³/mol. The molecule has 0 bridgehead atoms. The van der Waals surface area contributed by atoms with Crippen LogP contribution in [0.2, 0.25) is 0 Å². The van der Waals surface area contributed by atoms with Gasteiger partial charge in [-0.2, -0.15) is 26.3 Å². The quantitative estimate of drug-likeness (QED) is 0.172. The molecule has 1 nitrogen and oxygen atoms in total. The number of halogens is 6. The maximum atomic E-state index is 13.4. The van der Waals surface area contributed by atoms with Crippen LogP contribution >= 0.6 is 0 Å². The van der Waals surface area contributed by atoms with Crippen molar-refractivity contribution in [3.05, 3.63) is 157 Å². The Labute approximate surface area is 276 Å². The Morgan fingerprint density at radius 2 is 0.735 bits per heavy atom. The normalized spacial score (nSPS) is 12.3. The minimum Gasteiger partial charge on any atom is -0.456 e. The second-order valence-electron chi connectivity index (χ2n) is 12.0. The van der Waals surface area contributed by atoms with Gasteiger partial charge in [0.25, 0.3) is 0 Å². The second kappa shape index (κ2) is 11.4. The molecule has 0 saturated heterocycles. The van der Waals surface area contributed by atoms with Crippen molar-refractivity contribution in [1.82, 2.24) is 0 Å². The Morgan fingerprint density at radius 3 is 1.24 bits per heavy atom. The zero-order chi connectivity index (χ0) is 33.9. The average molecular weight is 659 g/mol. The molecule has 240 valence electrons. The van der Waals surface area contributed by atoms with Crippen molar-refractivity contribution in [3.63, 3.8) is 0 Å². The van der Waals surface area contributed by atoms with Crippen LogP contribution in [0.15, 0.2) is 150 Å². The molecule has 49 heavy (non-hydrogen) atoms. The van der Waals surface area contributed by atoms with E-state index in [4.69, 9.17) is 4.42 Å². The number of rotatable bonds is 4. The van der Waals surface area contributed by atoms with E-state index in [1.807, 2.05) is 48.5 Å². The van der Waals surface area contributed by atoms with Crippen LogP contribution in [0.4, 0.5) is 26.3 Å². The Bertz CT molecular complexity index is 2470. The first-order valence-corrected chi connectivity index (χ1v) is 15.5. The van der Waals surface area contributed by atoms with Crippen LogP contribution in [0.5, 0.6) is 0 Å². The van der Waals surface area contributed by atoms with E-state index >= 15 is 0 Å². The fraction of sp³-hybridized carbons (Fsp3) is 0.0476. The van der Waals surface area contributed by atoms with Gasteiger partial charge in [-0.15, -0.1) is 0 Å². The van der Waals surface area contributed by atoms with E-state index in [1.165, 1.54) is 12.1 Å². The van der Waals surface area contributed by atoms with Crippen LogP contribution in [0.25, 0.3) is 77.2 Å². The molecule has 7 aromatic carbocycles. The molecule has 8 aromatic rings. The maximum Gasteiger partial charge on any atom is 0.416 e. The van der Waals surface area contributed by atoms with Gasteiger partial charge in [0.05, 0.1) is 11.1 Å². The number of alkyl halides is 6. The summed E-state index contributed by atoms with van der Waals surface area (Å²) >= 11 is 0. The van der Waals surface area contributed by atoms with Crippen molar-refractivity contribution in [2.75, 3.05) is 0 Å². The smallest absolute Gasteiger partial charge is 0.416 e. The third-order valence-electron chi connectivity index (χ3n) is 8.91. The lowest BCUT2D eigenvalue weighted by Gasteiger charge is -2.14. The summed E-state index contributed by atoms with van der Waals surface area (Å²) in [6.45, 7) is 0. The van der Waals surface area contributed by atoms with E-state index in [0.717, 1.165) is 78.2 Å². The van der Waals surface area contributed by atoms with Gasteiger partial charge in [-0.05, 0) is 104 Å². The van der Waals surface area contributed by atoms with Gasteiger partial charge in [-0.3, -0.25) is 0 Å². The molecule has 0 N–H and O–H groups in total. The summed E-state index contributed by atoms with van der Waals surface area (Å²) < 4.78 is 86.2. The number of benzene rings is 7. The fourth-order valence-corrected chi connectivity index (χ4v) is 6.34. The number of hydrogen-bond acceptors (Lipinski definition) is 1. The largest absolute Gasteiger partial charge is 0.456 e. The van der Waals surface area contributed by atoms with Gasteiger partial charge in [-0.25, -0.2) is 0 Å². The van der Waals surface area contributed by atoms with E-state index in [0.29, 0.717) is 0 Å². The Morgan fingerprint density at radius 1 is 0.327 bits per heavy atom. The van der Waals surface area contributed by atoms with Gasteiger partial charge in [0.1, 0.15) is 11.2 Å². The van der Waals surface area contributed by atoms with E-state index < -0.39 is 23.5 Å². The molecular weight excluding hydrogens is 634 g/mol. The second-order valence-corrected chi connectivity index (χ2v) is 12.0. The van der Waals surface area contributed by atoms with Crippen molar-refractivity contribution in [3.8, 4) is 44.5 Å². The van der Waals surface area contributed by atoms with Crippen molar-refractivity contribution in [2.24, 2.45) is 0 Å². The molecule has 0 spiro atoms. The summed E-state index contributed by atoms with van der Waals surface area (Å²) in [7, 11) is 0. The van der Waals surface area contributed by atoms with Crippen LogP contribution in [0.3, 0.4) is 0 Å². The van der Waals surface area contributed by atoms with Crippen molar-refractivity contribution in [2.45, 2.75) is 12.4 Å². The summed E-state index contributed by atoms with van der Waals surface area (Å²) in [4.78, 5) is 0. The molecule has 0 atom stereocenters. The lowest BCUT2D eigenvalue weighted by Crippen LogP contribution is -2.11. The standard InChI is InChI=1S/C42H24F6O/c43-41(44,45)35-21-34(22-36(24-35)42(46,47)48)28-11-9-26(10-12-28)30-14-16-31-19-29(13-15-32(31)20-30)25-5-7-27(8-6-25)33-17-18-40-38(23-33)37-3-1-2-4-39(37)49-40/h1-24H. The molecule has 8 rings (SSSR count). The van der Waals surface area contributed by atoms with Gasteiger partial charge < -0.3 is 4.42 Å². The molecule has 1 heterocycles. The third-order valence-corrected chi connectivity index (χ3v) is 8.91. The minimum absolute atomic E-state index is 0.137. The molecule has 0 saturated carbocycles. The van der Waals surface area contributed by atoms with Crippen molar-refractivity contribution < 1.29 is 30.8 Å². The highest BCUT2D eigenvalue weighted by Crippen LogP contribution is 2.39. The summed E-state index contributed by atoms with van der Waals surface area (Å²) in [6, 6.07) is 42.9. The van der Waals surface area contributed by atoms with E-state index in [2.05, 4.69) is 54.6 Å². The fourth-order valence-electron chi connectivity index (χ4n) is 6.34. The molecule has 0 fully saturated rings. The van der Waals surface area contributed by atoms with Crippen LogP contribution < -0.4 is 0 Å². The first kappa shape index (κ1) is 30.5. The average Bonchev–Trinajstić information content (AvgIpc) is 3.48. The minimum atomic E-state index is -4.91. The monoisotopic (exact) mass is 658 g/mol. The highest BCUT2D eigenvalue weighted by Gasteiger charge is 2.37. The predicted octanol–water partition coefficient (Wildman–Crippen LogP) is 13.4. The third kappa shape index (κ3) is 5.82. The van der Waals surface area contributed by atoms with Gasteiger partial charge in [0, 0.05) is 10.8 Å².